The third-order valence-corrected chi connectivity index (χ3v) is 3.85. The van der Waals surface area contributed by atoms with E-state index in [-0.39, 0.29) is 12.2 Å². The molecule has 1 amide bonds. The van der Waals surface area contributed by atoms with Gasteiger partial charge < -0.3 is 5.73 Å². The molecule has 0 aromatic rings. The molecule has 0 radical (unpaired) electrons. The molecule has 0 aromatic heterocycles. The van der Waals surface area contributed by atoms with Gasteiger partial charge in [0.25, 0.3) is 0 Å². The number of thioether (sulfide) groups is 1. The molecule has 0 aromatic carbocycles. The highest BCUT2D eigenvalue weighted by molar-refractivity contribution is 7.99. The standard InChI is InChI=1S/C17H27NO2S/c1-4-6-7-8-10-21-13-16(19)15(9-5-2)11-14(3)12-17(18)20/h5,9,11H,3-4,6-8,10,12-13H2,1-2H3,(H2,18,20)/b9-5-,15-11+. The maximum atomic E-state index is 12.1. The van der Waals surface area contributed by atoms with Crippen LogP contribution in [0.25, 0.3) is 0 Å². The molecule has 0 saturated carbocycles. The number of rotatable bonds is 12. The fourth-order valence-corrected chi connectivity index (χ4v) is 2.68. The summed E-state index contributed by atoms with van der Waals surface area (Å²) in [5.41, 5.74) is 6.28. The van der Waals surface area contributed by atoms with Gasteiger partial charge in [-0.1, -0.05) is 44.9 Å². The zero-order valence-electron chi connectivity index (χ0n) is 13.2. The number of carbonyl (C=O) groups excluding carboxylic acids is 2. The fraction of sp³-hybridized carbons (Fsp3) is 0.529. The van der Waals surface area contributed by atoms with Crippen molar-refractivity contribution < 1.29 is 9.59 Å². The number of nitrogens with two attached hydrogens (primary N) is 1. The predicted molar refractivity (Wildman–Crippen MR) is 92.3 cm³/mol. The monoisotopic (exact) mass is 309 g/mol. The van der Waals surface area contributed by atoms with Crippen LogP contribution in [0.3, 0.4) is 0 Å². The van der Waals surface area contributed by atoms with Crippen molar-refractivity contribution in [1.82, 2.24) is 0 Å². The third-order valence-electron chi connectivity index (χ3n) is 2.80. The normalized spacial score (nSPS) is 11.8. The lowest BCUT2D eigenvalue weighted by Crippen LogP contribution is -2.11. The van der Waals surface area contributed by atoms with Gasteiger partial charge >= 0.3 is 0 Å². The van der Waals surface area contributed by atoms with Crippen molar-refractivity contribution in [2.75, 3.05) is 11.5 Å². The van der Waals surface area contributed by atoms with Crippen LogP contribution in [-0.2, 0) is 9.59 Å². The molecule has 0 spiro atoms. The highest BCUT2D eigenvalue weighted by Crippen LogP contribution is 2.13. The first-order valence-electron chi connectivity index (χ1n) is 7.42. The van der Waals surface area contributed by atoms with Gasteiger partial charge in [0, 0.05) is 5.57 Å². The van der Waals surface area contributed by atoms with Crippen molar-refractivity contribution in [2.24, 2.45) is 5.73 Å². The molecular weight excluding hydrogens is 282 g/mol. The summed E-state index contributed by atoms with van der Waals surface area (Å²) >= 11 is 1.66. The van der Waals surface area contributed by atoms with Crippen LogP contribution in [0.2, 0.25) is 0 Å². The van der Waals surface area contributed by atoms with Gasteiger partial charge in [0.15, 0.2) is 5.78 Å². The molecule has 0 rings (SSSR count). The number of hydrogen-bond donors (Lipinski definition) is 1. The van der Waals surface area contributed by atoms with E-state index in [0.29, 0.717) is 16.9 Å². The van der Waals surface area contributed by atoms with E-state index in [0.717, 1.165) is 12.2 Å². The molecule has 0 aliphatic carbocycles. The second-order valence-corrected chi connectivity index (χ2v) is 6.04. The molecule has 21 heavy (non-hydrogen) atoms. The lowest BCUT2D eigenvalue weighted by molar-refractivity contribution is -0.117. The smallest absolute Gasteiger partial charge is 0.221 e. The van der Waals surface area contributed by atoms with Gasteiger partial charge in [-0.25, -0.2) is 0 Å². The number of unbranched alkanes of at least 4 members (excludes halogenated alkanes) is 3. The van der Waals surface area contributed by atoms with Gasteiger partial charge in [-0.3, -0.25) is 9.59 Å². The lowest BCUT2D eigenvalue weighted by atomic mass is 10.1. The Morgan fingerprint density at radius 2 is 1.95 bits per heavy atom. The largest absolute Gasteiger partial charge is 0.369 e. The molecule has 0 aliphatic heterocycles. The Morgan fingerprint density at radius 1 is 1.24 bits per heavy atom. The Bertz CT molecular complexity index is 411. The van der Waals surface area contributed by atoms with Crippen LogP contribution >= 0.6 is 11.8 Å². The molecule has 118 valence electrons. The van der Waals surface area contributed by atoms with E-state index >= 15 is 0 Å². The molecule has 4 heteroatoms. The Balaban J connectivity index is 4.33. The second kappa shape index (κ2) is 12.5. The third kappa shape index (κ3) is 11.1. The van der Waals surface area contributed by atoms with Gasteiger partial charge in [0.05, 0.1) is 12.2 Å². The van der Waals surface area contributed by atoms with E-state index in [1.165, 1.54) is 19.3 Å². The van der Waals surface area contributed by atoms with Gasteiger partial charge in [0.2, 0.25) is 5.91 Å². The van der Waals surface area contributed by atoms with E-state index in [1.54, 1.807) is 23.9 Å². The van der Waals surface area contributed by atoms with Crippen molar-refractivity contribution >= 4 is 23.5 Å². The van der Waals surface area contributed by atoms with Crippen molar-refractivity contribution in [1.29, 1.82) is 0 Å². The quantitative estimate of drug-likeness (QED) is 0.339. The Kier molecular flexibility index (Phi) is 11.7. The molecule has 0 bridgehead atoms. The van der Waals surface area contributed by atoms with Crippen LogP contribution in [0.4, 0.5) is 0 Å². The summed E-state index contributed by atoms with van der Waals surface area (Å²) in [5.74, 6) is 1.11. The van der Waals surface area contributed by atoms with Crippen LogP contribution < -0.4 is 5.73 Å². The number of hydrogen-bond acceptors (Lipinski definition) is 3. The van der Waals surface area contributed by atoms with Crippen molar-refractivity contribution in [2.45, 2.75) is 46.0 Å². The SMILES string of the molecule is C=C(/C=C(\C=C/C)C(=O)CSCCCCCC)CC(N)=O. The van der Waals surface area contributed by atoms with Gasteiger partial charge in [0.1, 0.15) is 0 Å². The number of Topliss-reactive ketones (excluding diaryl/α,β-unsaturated/α-hetero) is 1. The molecule has 0 saturated heterocycles. The molecule has 3 nitrogen and oxygen atoms in total. The van der Waals surface area contributed by atoms with Crippen molar-refractivity contribution in [3.8, 4) is 0 Å². The molecule has 0 unspecified atom stereocenters. The van der Waals surface area contributed by atoms with E-state index in [2.05, 4.69) is 13.5 Å². The number of carbonyl (C=O) groups is 2. The summed E-state index contributed by atoms with van der Waals surface area (Å²) in [7, 11) is 0. The average molecular weight is 309 g/mol. The van der Waals surface area contributed by atoms with Crippen LogP contribution in [0, 0.1) is 0 Å². The minimum Gasteiger partial charge on any atom is -0.369 e. The lowest BCUT2D eigenvalue weighted by Gasteiger charge is -2.04. The van der Waals surface area contributed by atoms with E-state index in [4.69, 9.17) is 5.73 Å². The van der Waals surface area contributed by atoms with Crippen LogP contribution in [0.1, 0.15) is 46.0 Å². The molecule has 0 atom stereocenters. The first-order chi connectivity index (χ1) is 10.0. The van der Waals surface area contributed by atoms with Gasteiger partial charge in [-0.15, -0.1) is 0 Å². The number of amides is 1. The molecule has 0 fully saturated rings. The Hall–Kier alpha value is -1.29. The highest BCUT2D eigenvalue weighted by atomic mass is 32.2. The van der Waals surface area contributed by atoms with E-state index < -0.39 is 5.91 Å². The summed E-state index contributed by atoms with van der Waals surface area (Å²) in [6.45, 7) is 7.80. The zero-order chi connectivity index (χ0) is 16.1. The molecule has 0 heterocycles. The first kappa shape index (κ1) is 19.7. The topological polar surface area (TPSA) is 60.2 Å². The summed E-state index contributed by atoms with van der Waals surface area (Å²) in [6, 6.07) is 0. The zero-order valence-corrected chi connectivity index (χ0v) is 14.0. The molecular formula is C17H27NO2S. The second-order valence-electron chi connectivity index (χ2n) is 4.94. The van der Waals surface area contributed by atoms with Crippen molar-refractivity contribution in [3.63, 3.8) is 0 Å². The van der Waals surface area contributed by atoms with Crippen LogP contribution in [0.15, 0.2) is 36.0 Å². The van der Waals surface area contributed by atoms with E-state index in [1.807, 2.05) is 13.0 Å². The number of allylic oxidation sites excluding steroid dienone is 4. The predicted octanol–water partition coefficient (Wildman–Crippen LogP) is 3.80. The maximum absolute atomic E-state index is 12.1. The average Bonchev–Trinajstić information content (AvgIpc) is 2.41. The Morgan fingerprint density at radius 3 is 2.52 bits per heavy atom. The van der Waals surface area contributed by atoms with Gasteiger partial charge in [-0.05, 0) is 30.7 Å². The fourth-order valence-electron chi connectivity index (χ4n) is 1.77. The Labute approximate surface area is 132 Å². The van der Waals surface area contributed by atoms with Crippen molar-refractivity contribution in [3.05, 3.63) is 36.0 Å². The number of primary amides is 1. The summed E-state index contributed by atoms with van der Waals surface area (Å²) in [6.07, 6.45) is 10.2. The minimum atomic E-state index is -0.436. The van der Waals surface area contributed by atoms with Crippen LogP contribution in [-0.4, -0.2) is 23.2 Å². The van der Waals surface area contributed by atoms with Gasteiger partial charge in [-0.2, -0.15) is 11.8 Å². The minimum absolute atomic E-state index is 0.0687. The highest BCUT2D eigenvalue weighted by Gasteiger charge is 2.08. The summed E-state index contributed by atoms with van der Waals surface area (Å²) in [5, 5.41) is 0. The maximum Gasteiger partial charge on any atom is 0.221 e. The number of ketones is 1. The summed E-state index contributed by atoms with van der Waals surface area (Å²) < 4.78 is 0. The first-order valence-corrected chi connectivity index (χ1v) is 8.58. The van der Waals surface area contributed by atoms with Crippen LogP contribution in [0.5, 0.6) is 0 Å². The van der Waals surface area contributed by atoms with E-state index in [9.17, 15) is 9.59 Å². The molecule has 0 aliphatic rings. The molecule has 2 N–H and O–H groups in total. The summed E-state index contributed by atoms with van der Waals surface area (Å²) in [4.78, 5) is 23.0.